The Morgan fingerprint density at radius 3 is 2.28 bits per heavy atom. The van der Waals surface area contributed by atoms with Crippen LogP contribution in [0.15, 0.2) is 58.4 Å². The number of imide groups is 1. The summed E-state index contributed by atoms with van der Waals surface area (Å²) in [7, 11) is 0. The Morgan fingerprint density at radius 1 is 0.923 bits per heavy atom. The van der Waals surface area contributed by atoms with Gasteiger partial charge >= 0.3 is 16.8 Å². The molecule has 39 heavy (non-hydrogen) atoms. The smallest absolute Gasteiger partial charge is 0.344 e. The molecular formula is C27H24N2O8S2. The number of esters is 2. The van der Waals surface area contributed by atoms with Gasteiger partial charge in [0, 0.05) is 10.8 Å². The van der Waals surface area contributed by atoms with E-state index >= 15 is 0 Å². The Morgan fingerprint density at radius 2 is 1.62 bits per heavy atom. The molecule has 3 unspecified atom stereocenters. The minimum atomic E-state index is -0.752. The van der Waals surface area contributed by atoms with E-state index < -0.39 is 34.9 Å². The molecule has 3 aromatic rings. The summed E-state index contributed by atoms with van der Waals surface area (Å²) in [6.45, 7) is 3.67. The first-order valence-electron chi connectivity index (χ1n) is 12.2. The highest BCUT2D eigenvalue weighted by atomic mass is 32.2. The lowest BCUT2D eigenvalue weighted by atomic mass is 9.83. The van der Waals surface area contributed by atoms with Crippen molar-refractivity contribution in [2.45, 2.75) is 30.0 Å². The van der Waals surface area contributed by atoms with Crippen LogP contribution in [0.5, 0.6) is 5.75 Å². The van der Waals surface area contributed by atoms with E-state index in [2.05, 4.69) is 4.98 Å². The van der Waals surface area contributed by atoms with Gasteiger partial charge in [-0.05, 0) is 55.8 Å². The first-order chi connectivity index (χ1) is 18.8. The summed E-state index contributed by atoms with van der Waals surface area (Å²) in [4.78, 5) is 67.7. The maximum Gasteiger partial charge on any atom is 0.344 e. The van der Waals surface area contributed by atoms with Crippen LogP contribution in [0, 0.1) is 5.92 Å². The lowest BCUT2D eigenvalue weighted by molar-refractivity contribution is -0.145. The third kappa shape index (κ3) is 5.09. The van der Waals surface area contributed by atoms with Crippen LogP contribution in [0.2, 0.25) is 0 Å². The molecule has 1 fully saturated rings. The van der Waals surface area contributed by atoms with Crippen LogP contribution in [0.3, 0.4) is 0 Å². The number of nitrogens with one attached hydrogen (secondary N) is 1. The van der Waals surface area contributed by atoms with Crippen LogP contribution in [0.1, 0.15) is 40.6 Å². The number of hydrogen-bond acceptors (Lipinski definition) is 10. The van der Waals surface area contributed by atoms with E-state index in [4.69, 9.17) is 14.2 Å². The summed E-state index contributed by atoms with van der Waals surface area (Å²) in [5, 5.41) is -0.177. The molecule has 1 aromatic heterocycles. The van der Waals surface area contributed by atoms with Crippen LogP contribution in [0.25, 0.3) is 0 Å². The van der Waals surface area contributed by atoms with Crippen molar-refractivity contribution in [3.8, 4) is 5.75 Å². The number of benzene rings is 2. The molecular weight excluding hydrogens is 544 g/mol. The molecule has 202 valence electrons. The van der Waals surface area contributed by atoms with Gasteiger partial charge in [-0.3, -0.25) is 14.4 Å². The zero-order valence-electron chi connectivity index (χ0n) is 21.0. The van der Waals surface area contributed by atoms with Gasteiger partial charge in [0.25, 0.3) is 0 Å². The van der Waals surface area contributed by atoms with Gasteiger partial charge in [-0.15, -0.1) is 0 Å². The molecule has 1 saturated heterocycles. The lowest BCUT2D eigenvalue weighted by Gasteiger charge is -2.29. The average Bonchev–Trinajstić information content (AvgIpc) is 3.42. The molecule has 1 N–H and O–H groups in total. The van der Waals surface area contributed by atoms with Crippen molar-refractivity contribution < 1.29 is 33.4 Å². The number of carbonyl (C=O) groups is 4. The van der Waals surface area contributed by atoms with Crippen molar-refractivity contribution in [1.82, 2.24) is 4.98 Å². The van der Waals surface area contributed by atoms with Gasteiger partial charge < -0.3 is 19.2 Å². The average molecular weight is 569 g/mol. The largest absolute Gasteiger partial charge is 0.482 e. The maximum atomic E-state index is 13.8. The normalized spacial score (nSPS) is 19.8. The molecule has 2 aliphatic heterocycles. The van der Waals surface area contributed by atoms with Gasteiger partial charge in [-0.1, -0.05) is 35.2 Å². The fraction of sp³-hybridized carbons (Fsp3) is 0.296. The predicted octanol–water partition coefficient (Wildman–Crippen LogP) is 3.35. The van der Waals surface area contributed by atoms with Gasteiger partial charge in [0.2, 0.25) is 11.8 Å². The van der Waals surface area contributed by atoms with E-state index in [-0.39, 0.29) is 30.6 Å². The second-order valence-electron chi connectivity index (χ2n) is 8.69. The highest BCUT2D eigenvalue weighted by Crippen LogP contribution is 2.53. The standard InChI is InChI=1S/C27H24N2O8S2/c1-3-35-18(30)13-37-17-11-7-14(8-12-17)19-20-22(38-23-21(19)39-27(34)28-23)25(32)29(24(20)31)16-9-5-15(6-10-16)26(33)36-4-2/h5-12,19-20,22H,3-4,13H2,1-2H3,(H,28,34). The number of fused-ring (bicyclic) bond motifs is 2. The molecule has 0 aliphatic carbocycles. The SMILES string of the molecule is CCOC(=O)COc1ccc(C2c3sc(=O)[nH]c3SC3C(=O)N(c4ccc(C(=O)OCC)cc4)C(=O)C32)cc1. The highest BCUT2D eigenvalue weighted by Gasteiger charge is 2.56. The summed E-state index contributed by atoms with van der Waals surface area (Å²) in [6.07, 6.45) is 0. The minimum absolute atomic E-state index is 0.233. The lowest BCUT2D eigenvalue weighted by Crippen LogP contribution is -2.32. The molecule has 2 aliphatic rings. The molecule has 0 spiro atoms. The zero-order chi connectivity index (χ0) is 27.7. The molecule has 3 atom stereocenters. The van der Waals surface area contributed by atoms with Crippen LogP contribution < -0.4 is 14.5 Å². The number of aromatic amines is 1. The minimum Gasteiger partial charge on any atom is -0.482 e. The van der Waals surface area contributed by atoms with Crippen molar-refractivity contribution in [2.24, 2.45) is 5.92 Å². The second-order valence-corrected chi connectivity index (χ2v) is 10.9. The van der Waals surface area contributed by atoms with E-state index in [1.807, 2.05) is 0 Å². The molecule has 10 nitrogen and oxygen atoms in total. The van der Waals surface area contributed by atoms with Gasteiger partial charge in [-0.25, -0.2) is 14.5 Å². The van der Waals surface area contributed by atoms with E-state index in [1.54, 1.807) is 50.2 Å². The van der Waals surface area contributed by atoms with E-state index in [0.29, 0.717) is 26.9 Å². The zero-order valence-corrected chi connectivity index (χ0v) is 22.6. The number of anilines is 1. The summed E-state index contributed by atoms with van der Waals surface area (Å²) in [5.41, 5.74) is 1.40. The van der Waals surface area contributed by atoms with Gasteiger partial charge in [0.15, 0.2) is 6.61 Å². The number of rotatable bonds is 8. The number of ether oxygens (including phenoxy) is 3. The van der Waals surface area contributed by atoms with Crippen LogP contribution >= 0.6 is 23.1 Å². The highest BCUT2D eigenvalue weighted by molar-refractivity contribution is 8.00. The Balaban J connectivity index is 1.45. The molecule has 0 bridgehead atoms. The van der Waals surface area contributed by atoms with Crippen molar-refractivity contribution >= 4 is 52.5 Å². The predicted molar refractivity (Wildman–Crippen MR) is 143 cm³/mol. The Bertz CT molecular complexity index is 1480. The number of aromatic nitrogens is 1. The number of thioether (sulfide) groups is 1. The first kappa shape index (κ1) is 26.7. The van der Waals surface area contributed by atoms with Crippen molar-refractivity contribution in [1.29, 1.82) is 0 Å². The Labute approximate surface area is 231 Å². The molecule has 2 amide bonds. The monoisotopic (exact) mass is 568 g/mol. The third-order valence-corrected chi connectivity index (χ3v) is 8.76. The number of nitrogens with zero attached hydrogens (tertiary/aromatic N) is 1. The van der Waals surface area contributed by atoms with E-state index in [1.165, 1.54) is 23.9 Å². The molecule has 12 heteroatoms. The van der Waals surface area contributed by atoms with Gasteiger partial charge in [0.1, 0.15) is 11.0 Å². The number of carbonyl (C=O) groups excluding carboxylic acids is 4. The summed E-state index contributed by atoms with van der Waals surface area (Å²) in [5.74, 6) is -2.62. The number of thiazole rings is 1. The van der Waals surface area contributed by atoms with Gasteiger partial charge in [-0.2, -0.15) is 0 Å². The fourth-order valence-electron chi connectivity index (χ4n) is 4.71. The fourth-order valence-corrected chi connectivity index (χ4v) is 7.22. The Hall–Kier alpha value is -3.90. The molecule has 3 heterocycles. The number of H-pyrrole nitrogens is 1. The molecule has 0 saturated carbocycles. The molecule has 2 aromatic carbocycles. The summed E-state index contributed by atoms with van der Waals surface area (Å²) in [6, 6.07) is 13.0. The van der Waals surface area contributed by atoms with Crippen LogP contribution in [-0.2, 0) is 23.9 Å². The second kappa shape index (κ2) is 11.1. The van der Waals surface area contributed by atoms with E-state index in [0.717, 1.165) is 21.8 Å². The van der Waals surface area contributed by atoms with Crippen molar-refractivity contribution in [2.75, 3.05) is 24.7 Å². The van der Waals surface area contributed by atoms with Crippen LogP contribution in [0.4, 0.5) is 5.69 Å². The number of amides is 2. The quantitative estimate of drug-likeness (QED) is 0.321. The van der Waals surface area contributed by atoms with Crippen molar-refractivity contribution in [3.05, 3.63) is 74.2 Å². The summed E-state index contributed by atoms with van der Waals surface area (Å²) >= 11 is 2.20. The van der Waals surface area contributed by atoms with Gasteiger partial charge in [0.05, 0.1) is 35.4 Å². The maximum absolute atomic E-state index is 13.8. The van der Waals surface area contributed by atoms with Crippen molar-refractivity contribution in [3.63, 3.8) is 0 Å². The topological polar surface area (TPSA) is 132 Å². The van der Waals surface area contributed by atoms with E-state index in [9.17, 15) is 24.0 Å². The Kier molecular flexibility index (Phi) is 7.58. The number of hydrogen-bond donors (Lipinski definition) is 1. The molecule has 0 radical (unpaired) electrons. The summed E-state index contributed by atoms with van der Waals surface area (Å²) < 4.78 is 15.4. The first-order valence-corrected chi connectivity index (χ1v) is 13.9. The third-order valence-electron chi connectivity index (χ3n) is 6.36. The molecule has 5 rings (SSSR count). The van der Waals surface area contributed by atoms with Crippen LogP contribution in [-0.4, -0.2) is 53.8 Å².